The molecule has 0 atom stereocenters. The molecule has 0 spiro atoms. The summed E-state index contributed by atoms with van der Waals surface area (Å²) < 4.78 is 28.2. The smallest absolute Gasteiger partial charge is 0.237 e. The lowest BCUT2D eigenvalue weighted by molar-refractivity contribution is 0.600. The number of hydrogen-bond acceptors (Lipinski definition) is 3. The molecule has 0 aliphatic heterocycles. The zero-order valence-corrected chi connectivity index (χ0v) is 14.3. The Morgan fingerprint density at radius 1 is 1.10 bits per heavy atom. The van der Waals surface area contributed by atoms with Crippen LogP contribution in [0.3, 0.4) is 0 Å². The topological polar surface area (TPSA) is 72.2 Å². The Balaban J connectivity index is 2.25. The van der Waals surface area contributed by atoms with Crippen LogP contribution in [0.25, 0.3) is 0 Å². The Labute approximate surface area is 134 Å². The molecule has 2 aromatic carbocycles. The van der Waals surface area contributed by atoms with Crippen molar-refractivity contribution >= 4 is 53.3 Å². The van der Waals surface area contributed by atoms with E-state index in [1.54, 1.807) is 36.4 Å². The van der Waals surface area contributed by atoms with E-state index in [0.717, 1.165) is 4.47 Å². The minimum Gasteiger partial charge on any atom is -0.397 e. The molecular formula is C13H12Br2N2O2S. The van der Waals surface area contributed by atoms with Crippen molar-refractivity contribution in [2.45, 2.75) is 5.75 Å². The zero-order valence-electron chi connectivity index (χ0n) is 10.3. The fourth-order valence-corrected chi connectivity index (χ4v) is 4.42. The maximum Gasteiger partial charge on any atom is 0.237 e. The third kappa shape index (κ3) is 3.97. The molecule has 106 valence electrons. The second-order valence-electron chi connectivity index (χ2n) is 4.20. The summed E-state index contributed by atoms with van der Waals surface area (Å²) >= 11 is 6.59. The summed E-state index contributed by atoms with van der Waals surface area (Å²) in [6.07, 6.45) is 0. The van der Waals surface area contributed by atoms with Gasteiger partial charge in [0.05, 0.1) is 17.1 Å². The number of anilines is 2. The summed E-state index contributed by atoms with van der Waals surface area (Å²) in [7, 11) is -3.52. The average Bonchev–Trinajstić information content (AvgIpc) is 2.34. The predicted molar refractivity (Wildman–Crippen MR) is 88.9 cm³/mol. The van der Waals surface area contributed by atoms with Gasteiger partial charge < -0.3 is 5.73 Å². The molecule has 3 N–H and O–H groups in total. The Bertz CT molecular complexity index is 695. The third-order valence-corrected chi connectivity index (χ3v) is 4.85. The van der Waals surface area contributed by atoms with E-state index < -0.39 is 10.0 Å². The standard InChI is InChI=1S/C13H12Br2N2O2S/c14-10-6-11(15)13(12(16)7-10)17-20(18,19)8-9-4-2-1-3-5-9/h1-7,17H,8,16H2. The second kappa shape index (κ2) is 6.15. The van der Waals surface area contributed by atoms with Crippen molar-refractivity contribution in [1.82, 2.24) is 0 Å². The third-order valence-electron chi connectivity index (χ3n) is 2.54. The van der Waals surface area contributed by atoms with E-state index in [1.165, 1.54) is 0 Å². The van der Waals surface area contributed by atoms with Gasteiger partial charge in [0.1, 0.15) is 0 Å². The zero-order chi connectivity index (χ0) is 14.8. The quantitative estimate of drug-likeness (QED) is 0.741. The highest BCUT2D eigenvalue weighted by atomic mass is 79.9. The van der Waals surface area contributed by atoms with Gasteiger partial charge in [0.25, 0.3) is 0 Å². The molecule has 7 heteroatoms. The minimum absolute atomic E-state index is 0.101. The molecule has 4 nitrogen and oxygen atoms in total. The molecule has 20 heavy (non-hydrogen) atoms. The molecule has 0 radical (unpaired) electrons. The molecule has 0 saturated heterocycles. The second-order valence-corrected chi connectivity index (χ2v) is 7.69. The number of nitrogens with two attached hydrogens (primary N) is 1. The van der Waals surface area contributed by atoms with Crippen LogP contribution >= 0.6 is 31.9 Å². The van der Waals surface area contributed by atoms with Gasteiger partial charge >= 0.3 is 0 Å². The summed E-state index contributed by atoms with van der Waals surface area (Å²) in [5, 5.41) is 0. The number of nitrogens with one attached hydrogen (secondary N) is 1. The van der Waals surface area contributed by atoms with E-state index in [4.69, 9.17) is 5.73 Å². The van der Waals surface area contributed by atoms with E-state index in [0.29, 0.717) is 21.4 Å². The Morgan fingerprint density at radius 2 is 1.75 bits per heavy atom. The summed E-state index contributed by atoms with van der Waals surface area (Å²) in [4.78, 5) is 0. The largest absolute Gasteiger partial charge is 0.397 e. The van der Waals surface area contributed by atoms with Crippen molar-refractivity contribution in [3.63, 3.8) is 0 Å². The van der Waals surface area contributed by atoms with Crippen molar-refractivity contribution in [2.24, 2.45) is 0 Å². The Hall–Kier alpha value is -1.05. The van der Waals surface area contributed by atoms with Crippen LogP contribution in [0.4, 0.5) is 11.4 Å². The van der Waals surface area contributed by atoms with E-state index in [2.05, 4.69) is 36.6 Å². The minimum atomic E-state index is -3.52. The molecule has 0 unspecified atom stereocenters. The summed E-state index contributed by atoms with van der Waals surface area (Å²) in [5.74, 6) is -0.101. The van der Waals surface area contributed by atoms with Gasteiger partial charge in [-0.1, -0.05) is 46.3 Å². The van der Waals surface area contributed by atoms with E-state index >= 15 is 0 Å². The number of hydrogen-bond donors (Lipinski definition) is 2. The molecule has 2 aromatic rings. The van der Waals surface area contributed by atoms with Crippen LogP contribution in [0.5, 0.6) is 0 Å². The van der Waals surface area contributed by atoms with Crippen LogP contribution in [0.15, 0.2) is 51.4 Å². The lowest BCUT2D eigenvalue weighted by atomic mass is 10.2. The SMILES string of the molecule is Nc1cc(Br)cc(Br)c1NS(=O)(=O)Cc1ccccc1. The van der Waals surface area contributed by atoms with Gasteiger partial charge in [0.15, 0.2) is 0 Å². The highest BCUT2D eigenvalue weighted by Gasteiger charge is 2.16. The van der Waals surface area contributed by atoms with Gasteiger partial charge in [-0.2, -0.15) is 0 Å². The number of halogens is 2. The summed E-state index contributed by atoms with van der Waals surface area (Å²) in [5.41, 5.74) is 7.25. The van der Waals surface area contributed by atoms with Crippen molar-refractivity contribution < 1.29 is 8.42 Å². The van der Waals surface area contributed by atoms with Crippen LogP contribution in [-0.2, 0) is 15.8 Å². The van der Waals surface area contributed by atoms with Gasteiger partial charge in [0.2, 0.25) is 10.0 Å². The Kier molecular flexibility index (Phi) is 4.72. The molecule has 2 rings (SSSR count). The van der Waals surface area contributed by atoms with Crippen LogP contribution < -0.4 is 10.5 Å². The van der Waals surface area contributed by atoms with Gasteiger partial charge in [-0.3, -0.25) is 4.72 Å². The van der Waals surface area contributed by atoms with Crippen molar-refractivity contribution in [3.8, 4) is 0 Å². The molecule has 0 fully saturated rings. The number of sulfonamides is 1. The maximum atomic E-state index is 12.2. The van der Waals surface area contributed by atoms with Gasteiger partial charge in [0, 0.05) is 8.95 Å². The molecule has 0 saturated carbocycles. The average molecular weight is 420 g/mol. The van der Waals surface area contributed by atoms with Crippen molar-refractivity contribution in [2.75, 3.05) is 10.5 Å². The molecule has 0 amide bonds. The highest BCUT2D eigenvalue weighted by molar-refractivity contribution is 9.11. The first-order chi connectivity index (χ1) is 9.37. The van der Waals surface area contributed by atoms with E-state index in [9.17, 15) is 8.42 Å². The van der Waals surface area contributed by atoms with Crippen LogP contribution in [0.2, 0.25) is 0 Å². The number of benzene rings is 2. The highest BCUT2D eigenvalue weighted by Crippen LogP contribution is 2.33. The molecule has 0 aliphatic carbocycles. The van der Waals surface area contributed by atoms with Crippen molar-refractivity contribution in [1.29, 1.82) is 0 Å². The van der Waals surface area contributed by atoms with Crippen molar-refractivity contribution in [3.05, 3.63) is 57.0 Å². The first-order valence-corrected chi connectivity index (χ1v) is 8.90. The van der Waals surface area contributed by atoms with Gasteiger partial charge in [-0.15, -0.1) is 0 Å². The Morgan fingerprint density at radius 3 is 2.35 bits per heavy atom. The molecule has 0 bridgehead atoms. The summed E-state index contributed by atoms with van der Waals surface area (Å²) in [6.45, 7) is 0. The van der Waals surface area contributed by atoms with E-state index in [1.807, 2.05) is 6.07 Å². The van der Waals surface area contributed by atoms with Gasteiger partial charge in [-0.05, 0) is 33.6 Å². The molecule has 0 aromatic heterocycles. The first kappa shape index (κ1) is 15.3. The predicted octanol–water partition coefficient (Wildman–Crippen LogP) is 3.74. The molecule has 0 aliphatic rings. The van der Waals surface area contributed by atoms with Crippen LogP contribution in [0.1, 0.15) is 5.56 Å². The van der Waals surface area contributed by atoms with E-state index in [-0.39, 0.29) is 5.75 Å². The summed E-state index contributed by atoms with van der Waals surface area (Å²) in [6, 6.07) is 12.3. The molecular weight excluding hydrogens is 408 g/mol. The van der Waals surface area contributed by atoms with Gasteiger partial charge in [-0.25, -0.2) is 8.42 Å². The fourth-order valence-electron chi connectivity index (χ4n) is 1.69. The molecule has 0 heterocycles. The number of rotatable bonds is 4. The maximum absolute atomic E-state index is 12.2. The van der Waals surface area contributed by atoms with Crippen LogP contribution in [0, 0.1) is 0 Å². The monoisotopic (exact) mass is 418 g/mol. The lowest BCUT2D eigenvalue weighted by Gasteiger charge is -2.12. The van der Waals surface area contributed by atoms with Crippen LogP contribution in [-0.4, -0.2) is 8.42 Å². The lowest BCUT2D eigenvalue weighted by Crippen LogP contribution is -2.16. The first-order valence-electron chi connectivity index (χ1n) is 5.66. The number of nitrogen functional groups attached to an aromatic ring is 1. The fraction of sp³-hybridized carbons (Fsp3) is 0.0769. The normalized spacial score (nSPS) is 11.3.